The van der Waals surface area contributed by atoms with Crippen molar-refractivity contribution in [1.82, 2.24) is 9.62 Å². The molecule has 1 aliphatic heterocycles. The van der Waals surface area contributed by atoms with Crippen LogP contribution in [0.5, 0.6) is 5.75 Å². The van der Waals surface area contributed by atoms with Crippen LogP contribution < -0.4 is 10.1 Å². The highest BCUT2D eigenvalue weighted by molar-refractivity contribution is 7.89. The molecule has 1 N–H and O–H groups in total. The standard InChI is InChI=1S/C17H26N2O4S/c1-3-9-18-17(20)13-23-16-8-7-15(12-14(16)2)24(21,22)19-10-5-4-6-11-19/h7-8,12H,3-6,9-11,13H2,1-2H3,(H,18,20). The Kier molecular flexibility index (Phi) is 6.62. The van der Waals surface area contributed by atoms with Crippen molar-refractivity contribution in [3.05, 3.63) is 23.8 Å². The summed E-state index contributed by atoms with van der Waals surface area (Å²) in [5, 5.41) is 2.73. The number of benzene rings is 1. The Morgan fingerprint density at radius 1 is 1.25 bits per heavy atom. The molecule has 0 spiro atoms. The van der Waals surface area contributed by atoms with Crippen LogP contribution in [0.1, 0.15) is 38.2 Å². The van der Waals surface area contributed by atoms with E-state index in [4.69, 9.17) is 4.74 Å². The van der Waals surface area contributed by atoms with Gasteiger partial charge in [-0.05, 0) is 49.9 Å². The lowest BCUT2D eigenvalue weighted by atomic mass is 10.2. The van der Waals surface area contributed by atoms with E-state index in [1.54, 1.807) is 29.4 Å². The van der Waals surface area contributed by atoms with Gasteiger partial charge in [0.05, 0.1) is 4.90 Å². The summed E-state index contributed by atoms with van der Waals surface area (Å²) in [6.07, 6.45) is 3.77. The average Bonchev–Trinajstić information content (AvgIpc) is 2.59. The van der Waals surface area contributed by atoms with E-state index >= 15 is 0 Å². The van der Waals surface area contributed by atoms with Crippen LogP contribution in [0, 0.1) is 6.92 Å². The molecule has 6 nitrogen and oxygen atoms in total. The number of carbonyl (C=O) groups is 1. The molecule has 1 saturated heterocycles. The lowest BCUT2D eigenvalue weighted by Crippen LogP contribution is -2.35. The number of hydrogen-bond acceptors (Lipinski definition) is 4. The Balaban J connectivity index is 2.04. The number of aryl methyl sites for hydroxylation is 1. The Morgan fingerprint density at radius 2 is 1.96 bits per heavy atom. The highest BCUT2D eigenvalue weighted by Crippen LogP contribution is 2.25. The Hall–Kier alpha value is -1.60. The van der Waals surface area contributed by atoms with Gasteiger partial charge in [-0.25, -0.2) is 8.42 Å². The third-order valence-electron chi connectivity index (χ3n) is 4.03. The largest absolute Gasteiger partial charge is 0.484 e. The van der Waals surface area contributed by atoms with Crippen LogP contribution in [-0.4, -0.2) is 44.9 Å². The minimum Gasteiger partial charge on any atom is -0.484 e. The molecule has 1 heterocycles. The molecule has 0 atom stereocenters. The molecule has 0 unspecified atom stereocenters. The zero-order valence-corrected chi connectivity index (χ0v) is 15.2. The van der Waals surface area contributed by atoms with E-state index in [0.717, 1.165) is 25.7 Å². The average molecular weight is 354 g/mol. The first-order valence-electron chi connectivity index (χ1n) is 8.45. The van der Waals surface area contributed by atoms with E-state index in [9.17, 15) is 13.2 Å². The number of hydrogen-bond donors (Lipinski definition) is 1. The molecule has 24 heavy (non-hydrogen) atoms. The minimum atomic E-state index is -3.45. The second kappa shape index (κ2) is 8.48. The van der Waals surface area contributed by atoms with Crippen molar-refractivity contribution >= 4 is 15.9 Å². The topological polar surface area (TPSA) is 75.7 Å². The number of rotatable bonds is 7. The van der Waals surface area contributed by atoms with Crippen LogP contribution >= 0.6 is 0 Å². The summed E-state index contributed by atoms with van der Waals surface area (Å²) in [5.74, 6) is 0.348. The summed E-state index contributed by atoms with van der Waals surface area (Å²) in [4.78, 5) is 11.9. The number of amides is 1. The first-order valence-corrected chi connectivity index (χ1v) is 9.89. The van der Waals surface area contributed by atoms with Crippen LogP contribution in [0.25, 0.3) is 0 Å². The summed E-state index contributed by atoms with van der Waals surface area (Å²) in [6, 6.07) is 4.79. The number of piperidine rings is 1. The first kappa shape index (κ1) is 18.7. The summed E-state index contributed by atoms with van der Waals surface area (Å²) in [6.45, 7) is 5.48. The van der Waals surface area contributed by atoms with Crippen molar-refractivity contribution in [2.24, 2.45) is 0 Å². The van der Waals surface area contributed by atoms with E-state index in [0.29, 0.717) is 30.9 Å². The molecule has 0 radical (unpaired) electrons. The van der Waals surface area contributed by atoms with Crippen LogP contribution in [-0.2, 0) is 14.8 Å². The summed E-state index contributed by atoms with van der Waals surface area (Å²) >= 11 is 0. The number of nitrogens with one attached hydrogen (secondary N) is 1. The van der Waals surface area contributed by atoms with Crippen LogP contribution in [0.15, 0.2) is 23.1 Å². The smallest absolute Gasteiger partial charge is 0.257 e. The van der Waals surface area contributed by atoms with Gasteiger partial charge in [-0.15, -0.1) is 0 Å². The van der Waals surface area contributed by atoms with Crippen molar-refractivity contribution in [3.63, 3.8) is 0 Å². The predicted octanol–water partition coefficient (Wildman–Crippen LogP) is 2.07. The van der Waals surface area contributed by atoms with Gasteiger partial charge in [-0.3, -0.25) is 4.79 Å². The van der Waals surface area contributed by atoms with Crippen molar-refractivity contribution in [1.29, 1.82) is 0 Å². The molecule has 1 aromatic rings. The summed E-state index contributed by atoms with van der Waals surface area (Å²) < 4.78 is 32.3. The molecular weight excluding hydrogens is 328 g/mol. The van der Waals surface area contributed by atoms with Crippen LogP contribution in [0.3, 0.4) is 0 Å². The molecule has 0 aromatic heterocycles. The number of ether oxygens (including phenoxy) is 1. The van der Waals surface area contributed by atoms with E-state index in [-0.39, 0.29) is 17.4 Å². The molecule has 1 amide bonds. The molecule has 1 aliphatic rings. The molecule has 0 aliphatic carbocycles. The second-order valence-corrected chi connectivity index (χ2v) is 7.97. The maximum atomic E-state index is 12.7. The van der Waals surface area contributed by atoms with Gasteiger partial charge in [-0.1, -0.05) is 13.3 Å². The molecular formula is C17H26N2O4S. The van der Waals surface area contributed by atoms with E-state index in [1.807, 2.05) is 6.92 Å². The van der Waals surface area contributed by atoms with Crippen LogP contribution in [0.4, 0.5) is 0 Å². The molecule has 0 saturated carbocycles. The van der Waals surface area contributed by atoms with Crippen molar-refractivity contribution in [2.75, 3.05) is 26.2 Å². The number of nitrogens with zero attached hydrogens (tertiary/aromatic N) is 1. The Morgan fingerprint density at radius 3 is 2.58 bits per heavy atom. The maximum Gasteiger partial charge on any atom is 0.257 e. The fraction of sp³-hybridized carbons (Fsp3) is 0.588. The van der Waals surface area contributed by atoms with E-state index in [1.165, 1.54) is 0 Å². The van der Waals surface area contributed by atoms with Crippen molar-refractivity contribution in [2.45, 2.75) is 44.4 Å². The summed E-state index contributed by atoms with van der Waals surface area (Å²) in [7, 11) is -3.45. The van der Waals surface area contributed by atoms with Crippen molar-refractivity contribution in [3.8, 4) is 5.75 Å². The predicted molar refractivity (Wildman–Crippen MR) is 92.6 cm³/mol. The first-order chi connectivity index (χ1) is 11.4. The van der Waals surface area contributed by atoms with E-state index < -0.39 is 10.0 Å². The lowest BCUT2D eigenvalue weighted by Gasteiger charge is -2.26. The van der Waals surface area contributed by atoms with Gasteiger partial charge in [-0.2, -0.15) is 4.31 Å². The highest BCUT2D eigenvalue weighted by atomic mass is 32.2. The van der Waals surface area contributed by atoms with Gasteiger partial charge >= 0.3 is 0 Å². The molecule has 0 bridgehead atoms. The fourth-order valence-corrected chi connectivity index (χ4v) is 4.26. The van der Waals surface area contributed by atoms with Crippen LogP contribution in [0.2, 0.25) is 0 Å². The number of carbonyl (C=O) groups excluding carboxylic acids is 1. The highest BCUT2D eigenvalue weighted by Gasteiger charge is 2.26. The van der Waals surface area contributed by atoms with Gasteiger partial charge in [0, 0.05) is 19.6 Å². The second-order valence-electron chi connectivity index (χ2n) is 6.03. The maximum absolute atomic E-state index is 12.7. The SMILES string of the molecule is CCCNC(=O)COc1ccc(S(=O)(=O)N2CCCCC2)cc1C. The van der Waals surface area contributed by atoms with Crippen molar-refractivity contribution < 1.29 is 17.9 Å². The van der Waals surface area contributed by atoms with Gasteiger partial charge in [0.1, 0.15) is 5.75 Å². The monoisotopic (exact) mass is 354 g/mol. The Labute approximate surface area is 144 Å². The molecule has 134 valence electrons. The third-order valence-corrected chi connectivity index (χ3v) is 5.92. The third kappa shape index (κ3) is 4.70. The zero-order chi connectivity index (χ0) is 17.6. The number of sulfonamides is 1. The quantitative estimate of drug-likeness (QED) is 0.813. The summed E-state index contributed by atoms with van der Waals surface area (Å²) in [5.41, 5.74) is 0.705. The molecule has 7 heteroatoms. The Bertz CT molecular complexity index is 667. The normalized spacial score (nSPS) is 15.9. The zero-order valence-electron chi connectivity index (χ0n) is 14.4. The van der Waals surface area contributed by atoms with E-state index in [2.05, 4.69) is 5.32 Å². The fourth-order valence-electron chi connectivity index (χ4n) is 2.66. The van der Waals surface area contributed by atoms with Gasteiger partial charge in [0.2, 0.25) is 10.0 Å². The lowest BCUT2D eigenvalue weighted by molar-refractivity contribution is -0.123. The molecule has 1 fully saturated rings. The molecule has 1 aromatic carbocycles. The minimum absolute atomic E-state index is 0.0704. The molecule has 2 rings (SSSR count). The van der Waals surface area contributed by atoms with Gasteiger partial charge < -0.3 is 10.1 Å². The van der Waals surface area contributed by atoms with Gasteiger partial charge in [0.15, 0.2) is 6.61 Å². The van der Waals surface area contributed by atoms with Gasteiger partial charge in [0.25, 0.3) is 5.91 Å².